The summed E-state index contributed by atoms with van der Waals surface area (Å²) < 4.78 is 31.8. The van der Waals surface area contributed by atoms with Gasteiger partial charge >= 0.3 is 0 Å². The van der Waals surface area contributed by atoms with Crippen LogP contribution in [0.25, 0.3) is 0 Å². The number of rotatable bonds is 5. The number of nitrogens with one attached hydrogen (secondary N) is 1. The van der Waals surface area contributed by atoms with Crippen LogP contribution in [0.4, 0.5) is 0 Å². The Kier molecular flexibility index (Phi) is 4.96. The van der Waals surface area contributed by atoms with E-state index in [4.69, 9.17) is 4.74 Å². The van der Waals surface area contributed by atoms with Crippen molar-refractivity contribution in [2.24, 2.45) is 0 Å². The molecular formula is C16H21N3O5S. The number of carbonyl (C=O) groups excluding carboxylic acids is 2. The average molecular weight is 367 g/mol. The minimum atomic E-state index is -3.56. The van der Waals surface area contributed by atoms with Gasteiger partial charge in [-0.15, -0.1) is 0 Å². The predicted octanol–water partition coefficient (Wildman–Crippen LogP) is -0.654. The highest BCUT2D eigenvalue weighted by Crippen LogP contribution is 2.17. The van der Waals surface area contributed by atoms with E-state index in [1.807, 2.05) is 19.1 Å². The van der Waals surface area contributed by atoms with Gasteiger partial charge in [0.15, 0.2) is 0 Å². The molecule has 8 nitrogen and oxygen atoms in total. The fraction of sp³-hybridized carbons (Fsp3) is 0.500. The predicted molar refractivity (Wildman–Crippen MR) is 90.5 cm³/mol. The average Bonchev–Trinajstić information content (AvgIpc) is 2.59. The fourth-order valence-corrected chi connectivity index (χ4v) is 4.22. The number of hydrogen-bond donors (Lipinski definition) is 1. The molecule has 2 saturated heterocycles. The number of aryl methyl sites for hydroxylation is 1. The van der Waals surface area contributed by atoms with Crippen molar-refractivity contribution in [3.8, 4) is 5.75 Å². The van der Waals surface area contributed by atoms with Gasteiger partial charge in [0.1, 0.15) is 18.4 Å². The zero-order valence-corrected chi connectivity index (χ0v) is 14.8. The Hall–Kier alpha value is -2.13. The van der Waals surface area contributed by atoms with Crippen molar-refractivity contribution in [3.05, 3.63) is 29.8 Å². The van der Waals surface area contributed by atoms with Crippen LogP contribution in [-0.4, -0.2) is 74.0 Å². The zero-order valence-electron chi connectivity index (χ0n) is 14.0. The third kappa shape index (κ3) is 3.93. The molecular weight excluding hydrogens is 346 g/mol. The highest BCUT2D eigenvalue weighted by Gasteiger charge is 2.41. The fourth-order valence-electron chi connectivity index (χ4n) is 2.94. The lowest BCUT2D eigenvalue weighted by molar-refractivity contribution is -0.147. The number of ether oxygens (including phenoxy) is 1. The van der Waals surface area contributed by atoms with Gasteiger partial charge < -0.3 is 15.0 Å². The highest BCUT2D eigenvalue weighted by atomic mass is 32.2. The standard InChI is InChI=1S/C16H21N3O5S/c1-12-2-4-13(5-3-12)24-8-9-25(22,23)18-6-7-19-14(11-18)16(21)17-10-15(19)20/h2-5,14H,6-11H2,1H3,(H,17,21)/t14-/m0/s1. The Bertz CT molecular complexity index is 762. The molecule has 2 aliphatic heterocycles. The molecule has 0 bridgehead atoms. The van der Waals surface area contributed by atoms with Crippen molar-refractivity contribution in [2.75, 3.05) is 38.5 Å². The Morgan fingerprint density at radius 3 is 2.64 bits per heavy atom. The first kappa shape index (κ1) is 17.7. The van der Waals surface area contributed by atoms with E-state index < -0.39 is 16.1 Å². The smallest absolute Gasteiger partial charge is 0.244 e. The van der Waals surface area contributed by atoms with Gasteiger partial charge in [0, 0.05) is 19.6 Å². The van der Waals surface area contributed by atoms with E-state index in [2.05, 4.69) is 5.32 Å². The molecule has 0 unspecified atom stereocenters. The summed E-state index contributed by atoms with van der Waals surface area (Å²) in [6.45, 7) is 2.38. The quantitative estimate of drug-likeness (QED) is 0.746. The number of amides is 2. The minimum absolute atomic E-state index is 0.00949. The van der Waals surface area contributed by atoms with Crippen LogP contribution in [-0.2, 0) is 19.6 Å². The van der Waals surface area contributed by atoms with Crippen molar-refractivity contribution in [1.29, 1.82) is 0 Å². The summed E-state index contributed by atoms with van der Waals surface area (Å²) in [5, 5.41) is 2.50. The molecule has 136 valence electrons. The van der Waals surface area contributed by atoms with Crippen molar-refractivity contribution < 1.29 is 22.7 Å². The van der Waals surface area contributed by atoms with Crippen LogP contribution >= 0.6 is 0 Å². The third-order valence-corrected chi connectivity index (χ3v) is 6.21. The summed E-state index contributed by atoms with van der Waals surface area (Å²) in [6.07, 6.45) is 0. The molecule has 1 atom stereocenters. The van der Waals surface area contributed by atoms with Crippen LogP contribution in [0.3, 0.4) is 0 Å². The van der Waals surface area contributed by atoms with Crippen LogP contribution < -0.4 is 10.1 Å². The molecule has 0 aromatic heterocycles. The van der Waals surface area contributed by atoms with E-state index in [0.717, 1.165) is 5.56 Å². The molecule has 0 saturated carbocycles. The Balaban J connectivity index is 1.58. The van der Waals surface area contributed by atoms with Gasteiger partial charge in [-0.2, -0.15) is 4.31 Å². The molecule has 2 heterocycles. The van der Waals surface area contributed by atoms with Crippen LogP contribution in [0, 0.1) is 6.92 Å². The van der Waals surface area contributed by atoms with Crippen LogP contribution in [0.1, 0.15) is 5.56 Å². The second kappa shape index (κ2) is 7.01. The normalized spacial score (nSPS) is 21.6. The van der Waals surface area contributed by atoms with Crippen molar-refractivity contribution >= 4 is 21.8 Å². The lowest BCUT2D eigenvalue weighted by Crippen LogP contribution is -2.66. The van der Waals surface area contributed by atoms with Crippen molar-refractivity contribution in [1.82, 2.24) is 14.5 Å². The summed E-state index contributed by atoms with van der Waals surface area (Å²) >= 11 is 0. The molecule has 1 N–H and O–H groups in total. The third-order valence-electron chi connectivity index (χ3n) is 4.40. The zero-order chi connectivity index (χ0) is 18.0. The number of fused-ring (bicyclic) bond motifs is 1. The summed E-state index contributed by atoms with van der Waals surface area (Å²) in [7, 11) is -3.56. The first-order chi connectivity index (χ1) is 11.9. The molecule has 2 aliphatic rings. The highest BCUT2D eigenvalue weighted by molar-refractivity contribution is 7.89. The molecule has 2 amide bonds. The summed E-state index contributed by atoms with van der Waals surface area (Å²) in [5.41, 5.74) is 1.10. The lowest BCUT2D eigenvalue weighted by Gasteiger charge is -2.42. The first-order valence-electron chi connectivity index (χ1n) is 8.11. The van der Waals surface area contributed by atoms with Gasteiger partial charge in [-0.05, 0) is 19.1 Å². The van der Waals surface area contributed by atoms with E-state index in [-0.39, 0.29) is 50.4 Å². The minimum Gasteiger partial charge on any atom is -0.492 e. The number of nitrogens with zero attached hydrogens (tertiary/aromatic N) is 2. The van der Waals surface area contributed by atoms with Gasteiger partial charge in [0.25, 0.3) is 0 Å². The number of carbonyl (C=O) groups is 2. The lowest BCUT2D eigenvalue weighted by atomic mass is 10.1. The molecule has 2 fully saturated rings. The second-order valence-corrected chi connectivity index (χ2v) is 8.24. The monoisotopic (exact) mass is 367 g/mol. The molecule has 1 aromatic carbocycles. The Morgan fingerprint density at radius 1 is 1.20 bits per heavy atom. The summed E-state index contributed by atoms with van der Waals surface area (Å²) in [4.78, 5) is 25.2. The second-order valence-electron chi connectivity index (χ2n) is 6.16. The van der Waals surface area contributed by atoms with Crippen LogP contribution in [0.5, 0.6) is 5.75 Å². The maximum absolute atomic E-state index is 12.5. The van der Waals surface area contributed by atoms with Gasteiger partial charge in [-0.1, -0.05) is 17.7 Å². The first-order valence-corrected chi connectivity index (χ1v) is 9.72. The van der Waals surface area contributed by atoms with Gasteiger partial charge in [-0.25, -0.2) is 8.42 Å². The largest absolute Gasteiger partial charge is 0.492 e. The maximum Gasteiger partial charge on any atom is 0.244 e. The molecule has 1 aromatic rings. The molecule has 3 rings (SSSR count). The van der Waals surface area contributed by atoms with Crippen LogP contribution in [0.15, 0.2) is 24.3 Å². The number of piperazine rings is 2. The molecule has 9 heteroatoms. The number of hydrogen-bond acceptors (Lipinski definition) is 5. The van der Waals surface area contributed by atoms with E-state index in [1.165, 1.54) is 9.21 Å². The maximum atomic E-state index is 12.5. The van der Waals surface area contributed by atoms with Gasteiger partial charge in [0.05, 0.1) is 12.3 Å². The summed E-state index contributed by atoms with van der Waals surface area (Å²) in [6, 6.07) is 6.61. The van der Waals surface area contributed by atoms with E-state index in [9.17, 15) is 18.0 Å². The van der Waals surface area contributed by atoms with Crippen LogP contribution in [0.2, 0.25) is 0 Å². The van der Waals surface area contributed by atoms with E-state index in [1.54, 1.807) is 12.1 Å². The Morgan fingerprint density at radius 2 is 1.92 bits per heavy atom. The number of sulfonamides is 1. The Labute approximate surface area is 146 Å². The van der Waals surface area contributed by atoms with Gasteiger partial charge in [-0.3, -0.25) is 9.59 Å². The number of benzene rings is 1. The van der Waals surface area contributed by atoms with Crippen molar-refractivity contribution in [2.45, 2.75) is 13.0 Å². The molecule has 0 aliphatic carbocycles. The molecule has 0 spiro atoms. The van der Waals surface area contributed by atoms with Gasteiger partial charge in [0.2, 0.25) is 21.8 Å². The van der Waals surface area contributed by atoms with E-state index in [0.29, 0.717) is 5.75 Å². The summed E-state index contributed by atoms with van der Waals surface area (Å²) in [5.74, 6) is -0.0500. The SMILES string of the molecule is Cc1ccc(OCCS(=O)(=O)N2CCN3C(=O)CNC(=O)[C@@H]3C2)cc1. The van der Waals surface area contributed by atoms with E-state index >= 15 is 0 Å². The topological polar surface area (TPSA) is 96.0 Å². The molecule has 0 radical (unpaired) electrons. The molecule has 25 heavy (non-hydrogen) atoms. The van der Waals surface area contributed by atoms with Crippen molar-refractivity contribution in [3.63, 3.8) is 0 Å².